The second-order valence-corrected chi connectivity index (χ2v) is 5.29. The summed E-state index contributed by atoms with van der Waals surface area (Å²) in [6, 6.07) is 10.4. The molecule has 2 heterocycles. The van der Waals surface area contributed by atoms with Crippen molar-refractivity contribution in [2.24, 2.45) is 0 Å². The van der Waals surface area contributed by atoms with Crippen molar-refractivity contribution < 1.29 is 4.42 Å². The molecule has 1 aromatic carbocycles. The van der Waals surface area contributed by atoms with Gasteiger partial charge in [-0.2, -0.15) is 0 Å². The number of aryl methyl sites for hydroxylation is 2. The van der Waals surface area contributed by atoms with E-state index >= 15 is 0 Å². The molecule has 98 valence electrons. The summed E-state index contributed by atoms with van der Waals surface area (Å²) < 4.78 is 6.09. The van der Waals surface area contributed by atoms with E-state index in [4.69, 9.17) is 4.42 Å². The van der Waals surface area contributed by atoms with Crippen molar-refractivity contribution in [2.45, 2.75) is 19.8 Å². The zero-order valence-electron chi connectivity index (χ0n) is 11.4. The molecule has 20 heavy (non-hydrogen) atoms. The Morgan fingerprint density at radius 1 is 1.20 bits per heavy atom. The van der Waals surface area contributed by atoms with Gasteiger partial charge < -0.3 is 4.42 Å². The number of rotatable bonds is 1. The number of hydrogen-bond donors (Lipinski definition) is 0. The van der Waals surface area contributed by atoms with Crippen molar-refractivity contribution >= 4 is 17.0 Å². The number of furan rings is 1. The summed E-state index contributed by atoms with van der Waals surface area (Å²) in [5, 5.41) is 1.23. The van der Waals surface area contributed by atoms with Crippen LogP contribution in [-0.4, -0.2) is 4.98 Å². The molecular weight excluding hydrogens is 246 g/mol. The van der Waals surface area contributed by atoms with Crippen LogP contribution in [0, 0.1) is 6.92 Å². The van der Waals surface area contributed by atoms with Gasteiger partial charge in [0.15, 0.2) is 0 Å². The molecule has 0 radical (unpaired) electrons. The summed E-state index contributed by atoms with van der Waals surface area (Å²) in [6.07, 6.45) is 8.27. The maximum Gasteiger partial charge on any atom is 0.144 e. The lowest BCUT2D eigenvalue weighted by Crippen LogP contribution is -1.89. The molecule has 2 aromatic heterocycles. The average Bonchev–Trinajstić information content (AvgIpc) is 2.86. The van der Waals surface area contributed by atoms with E-state index in [2.05, 4.69) is 48.3 Å². The highest BCUT2D eigenvalue weighted by Gasteiger charge is 2.17. The molecule has 0 saturated carbocycles. The topological polar surface area (TPSA) is 26.0 Å². The van der Waals surface area contributed by atoms with Crippen LogP contribution in [0.4, 0.5) is 0 Å². The van der Waals surface area contributed by atoms with E-state index in [1.807, 2.05) is 12.3 Å². The lowest BCUT2D eigenvalue weighted by atomic mass is 9.99. The van der Waals surface area contributed by atoms with Gasteiger partial charge >= 0.3 is 0 Å². The second kappa shape index (κ2) is 4.34. The van der Waals surface area contributed by atoms with E-state index in [1.54, 1.807) is 0 Å². The van der Waals surface area contributed by atoms with Crippen LogP contribution in [-0.2, 0) is 6.42 Å². The van der Waals surface area contributed by atoms with E-state index in [0.717, 1.165) is 35.4 Å². The van der Waals surface area contributed by atoms with E-state index in [9.17, 15) is 0 Å². The molecule has 0 fully saturated rings. The first-order valence-electron chi connectivity index (χ1n) is 6.97. The molecular formula is C18H15NO. The summed E-state index contributed by atoms with van der Waals surface area (Å²) in [7, 11) is 0. The number of aromatic nitrogens is 1. The fourth-order valence-corrected chi connectivity index (χ4v) is 2.88. The Balaban J connectivity index is 2.01. The highest BCUT2D eigenvalue weighted by Crippen LogP contribution is 2.36. The van der Waals surface area contributed by atoms with Crippen LogP contribution in [0.1, 0.15) is 23.3 Å². The number of benzene rings is 1. The maximum absolute atomic E-state index is 6.09. The average molecular weight is 261 g/mol. The van der Waals surface area contributed by atoms with Crippen LogP contribution in [0.2, 0.25) is 0 Å². The molecule has 1 aliphatic rings. The standard InChI is InChI=1S/C18H15NO/c1-12-9-10-19-16(11-12)15-7-4-6-14-13-5-2-3-8-17(13)20-18(14)15/h3-4,6-11H,2,5H2,1H3. The first kappa shape index (κ1) is 11.5. The SMILES string of the molecule is Cc1ccnc(-c2cccc3c4c(oc23)C=CCC4)c1. The largest absolute Gasteiger partial charge is 0.456 e. The monoisotopic (exact) mass is 261 g/mol. The molecule has 0 aliphatic heterocycles. The van der Waals surface area contributed by atoms with Crippen LogP contribution in [0.3, 0.4) is 0 Å². The number of para-hydroxylation sites is 1. The van der Waals surface area contributed by atoms with Gasteiger partial charge in [-0.3, -0.25) is 4.98 Å². The number of hydrogen-bond acceptors (Lipinski definition) is 2. The van der Waals surface area contributed by atoms with Crippen molar-refractivity contribution in [3.8, 4) is 11.3 Å². The van der Waals surface area contributed by atoms with Gasteiger partial charge in [-0.25, -0.2) is 0 Å². The third kappa shape index (κ3) is 1.68. The van der Waals surface area contributed by atoms with Gasteiger partial charge in [-0.05, 0) is 49.6 Å². The van der Waals surface area contributed by atoms with E-state index < -0.39 is 0 Å². The Bertz CT molecular complexity index is 827. The van der Waals surface area contributed by atoms with Crippen molar-refractivity contribution in [1.29, 1.82) is 0 Å². The lowest BCUT2D eigenvalue weighted by Gasteiger charge is -2.03. The fourth-order valence-electron chi connectivity index (χ4n) is 2.88. The molecule has 3 aromatic rings. The first-order valence-corrected chi connectivity index (χ1v) is 6.97. The molecule has 0 atom stereocenters. The highest BCUT2D eigenvalue weighted by atomic mass is 16.3. The Morgan fingerprint density at radius 2 is 2.15 bits per heavy atom. The van der Waals surface area contributed by atoms with Crippen LogP contribution < -0.4 is 0 Å². The van der Waals surface area contributed by atoms with Crippen molar-refractivity contribution in [3.63, 3.8) is 0 Å². The maximum atomic E-state index is 6.09. The number of fused-ring (bicyclic) bond motifs is 3. The van der Waals surface area contributed by atoms with E-state index in [-0.39, 0.29) is 0 Å². The third-order valence-corrected chi connectivity index (χ3v) is 3.87. The minimum absolute atomic E-state index is 0.960. The van der Waals surface area contributed by atoms with Crippen molar-refractivity contribution in [3.05, 3.63) is 59.5 Å². The summed E-state index contributed by atoms with van der Waals surface area (Å²) in [5.41, 5.74) is 5.56. The molecule has 1 aliphatic carbocycles. The Kier molecular flexibility index (Phi) is 2.49. The van der Waals surface area contributed by atoms with E-state index in [1.165, 1.54) is 16.5 Å². The number of allylic oxidation sites excluding steroid dienone is 1. The molecule has 0 spiro atoms. The van der Waals surface area contributed by atoms with Crippen LogP contribution >= 0.6 is 0 Å². The second-order valence-electron chi connectivity index (χ2n) is 5.29. The van der Waals surface area contributed by atoms with Gasteiger partial charge in [0, 0.05) is 22.7 Å². The summed E-state index contributed by atoms with van der Waals surface area (Å²) in [5.74, 6) is 1.01. The number of nitrogens with zero attached hydrogens (tertiary/aromatic N) is 1. The van der Waals surface area contributed by atoms with Crippen LogP contribution in [0.5, 0.6) is 0 Å². The van der Waals surface area contributed by atoms with Crippen molar-refractivity contribution in [1.82, 2.24) is 4.98 Å². The Morgan fingerprint density at radius 3 is 3.05 bits per heavy atom. The van der Waals surface area contributed by atoms with Gasteiger partial charge in [-0.1, -0.05) is 18.2 Å². The van der Waals surface area contributed by atoms with Gasteiger partial charge in [0.2, 0.25) is 0 Å². The highest BCUT2D eigenvalue weighted by molar-refractivity contribution is 5.95. The predicted octanol–water partition coefficient (Wildman–Crippen LogP) is 4.76. The van der Waals surface area contributed by atoms with Gasteiger partial charge in [0.25, 0.3) is 0 Å². The minimum atomic E-state index is 0.960. The first-order chi connectivity index (χ1) is 9.83. The molecule has 0 N–H and O–H groups in total. The molecule has 4 rings (SSSR count). The molecule has 0 bridgehead atoms. The van der Waals surface area contributed by atoms with Crippen LogP contribution in [0.25, 0.3) is 28.3 Å². The summed E-state index contributed by atoms with van der Waals surface area (Å²) in [6.45, 7) is 2.08. The predicted molar refractivity (Wildman–Crippen MR) is 81.5 cm³/mol. The Labute approximate surface area is 117 Å². The van der Waals surface area contributed by atoms with Crippen molar-refractivity contribution in [2.75, 3.05) is 0 Å². The molecule has 0 amide bonds. The quantitative estimate of drug-likeness (QED) is 0.631. The minimum Gasteiger partial charge on any atom is -0.456 e. The normalized spacial score (nSPS) is 13.7. The molecule has 0 saturated heterocycles. The third-order valence-electron chi connectivity index (χ3n) is 3.87. The van der Waals surface area contributed by atoms with Gasteiger partial charge in [0.1, 0.15) is 11.3 Å². The molecule has 2 nitrogen and oxygen atoms in total. The zero-order chi connectivity index (χ0) is 13.5. The number of pyridine rings is 1. The Hall–Kier alpha value is -2.35. The van der Waals surface area contributed by atoms with E-state index in [0.29, 0.717) is 0 Å². The fraction of sp³-hybridized carbons (Fsp3) is 0.167. The summed E-state index contributed by atoms with van der Waals surface area (Å²) in [4.78, 5) is 4.49. The lowest BCUT2D eigenvalue weighted by molar-refractivity contribution is 0.596. The van der Waals surface area contributed by atoms with Gasteiger partial charge in [-0.15, -0.1) is 0 Å². The molecule has 0 unspecified atom stereocenters. The smallest absolute Gasteiger partial charge is 0.144 e. The molecule has 2 heteroatoms. The van der Waals surface area contributed by atoms with Gasteiger partial charge in [0.05, 0.1) is 5.69 Å². The van der Waals surface area contributed by atoms with Crippen LogP contribution in [0.15, 0.2) is 47.0 Å². The zero-order valence-corrected chi connectivity index (χ0v) is 11.4. The summed E-state index contributed by atoms with van der Waals surface area (Å²) >= 11 is 0.